The Morgan fingerprint density at radius 2 is 2.18 bits per heavy atom. The largest absolute Gasteiger partial charge is 0.441 e. The second kappa shape index (κ2) is 5.37. The zero-order chi connectivity index (χ0) is 15.3. The number of esters is 1. The number of hydrogen-bond acceptors (Lipinski definition) is 4. The van der Waals surface area contributed by atoms with Crippen LogP contribution in [0.15, 0.2) is 11.8 Å². The molecule has 22 heavy (non-hydrogen) atoms. The van der Waals surface area contributed by atoms with Crippen LogP contribution in [-0.4, -0.2) is 47.0 Å². The summed E-state index contributed by atoms with van der Waals surface area (Å²) < 4.78 is 5.44. The first-order valence-electron chi connectivity index (χ1n) is 8.59. The number of hydrogen-bond donors (Lipinski definition) is 0. The lowest BCUT2D eigenvalue weighted by molar-refractivity contribution is -0.171. The van der Waals surface area contributed by atoms with Crippen molar-refractivity contribution in [2.45, 2.75) is 57.7 Å². The topological polar surface area (TPSA) is 49.9 Å². The fraction of sp³-hybridized carbons (Fsp3) is 0.765. The average molecular weight is 304 g/mol. The number of rotatable bonds is 1. The van der Waals surface area contributed by atoms with Gasteiger partial charge in [0.05, 0.1) is 5.92 Å². The highest BCUT2D eigenvalue weighted by molar-refractivity contribution is 5.83. The predicted octanol–water partition coefficient (Wildman–Crippen LogP) is 1.89. The van der Waals surface area contributed by atoms with Crippen molar-refractivity contribution in [2.75, 3.05) is 13.1 Å². The summed E-state index contributed by atoms with van der Waals surface area (Å²) in [6, 6.07) is 0.402. The molecule has 0 N–H and O–H groups in total. The maximum absolute atomic E-state index is 13.1. The molecule has 4 rings (SSSR count). The number of ether oxygens (including phenoxy) is 1. The number of carbonyl (C=O) groups is 2. The molecule has 0 saturated carbocycles. The van der Waals surface area contributed by atoms with Gasteiger partial charge in [0.1, 0.15) is 0 Å². The molecular weight excluding hydrogens is 280 g/mol. The van der Waals surface area contributed by atoms with E-state index in [2.05, 4.69) is 11.0 Å². The third-order valence-electron chi connectivity index (χ3n) is 5.73. The average Bonchev–Trinajstić information content (AvgIpc) is 2.51. The fourth-order valence-corrected chi connectivity index (χ4v) is 4.88. The Kier molecular flexibility index (Phi) is 3.48. The second-order valence-corrected chi connectivity index (χ2v) is 7.08. The Balaban J connectivity index is 1.65. The van der Waals surface area contributed by atoms with E-state index in [1.54, 1.807) is 0 Å². The molecule has 0 unspecified atom stereocenters. The lowest BCUT2D eigenvalue weighted by Crippen LogP contribution is -2.62. The summed E-state index contributed by atoms with van der Waals surface area (Å²) in [7, 11) is 0. The smallest absolute Gasteiger partial charge is 0.304 e. The third-order valence-corrected chi connectivity index (χ3v) is 5.73. The number of fused-ring (bicyclic) bond motifs is 6. The summed E-state index contributed by atoms with van der Waals surface area (Å²) in [6.07, 6.45) is 8.02. The second-order valence-electron chi connectivity index (χ2n) is 7.08. The fourth-order valence-electron chi connectivity index (χ4n) is 4.88. The molecule has 0 aliphatic carbocycles. The molecule has 4 atom stereocenters. The van der Waals surface area contributed by atoms with Crippen molar-refractivity contribution in [3.8, 4) is 0 Å². The van der Waals surface area contributed by atoms with Crippen molar-refractivity contribution in [2.24, 2.45) is 11.8 Å². The third kappa shape index (κ3) is 2.18. The Morgan fingerprint density at radius 3 is 3.00 bits per heavy atom. The van der Waals surface area contributed by atoms with Crippen molar-refractivity contribution in [1.82, 2.24) is 9.80 Å². The Morgan fingerprint density at radius 1 is 1.32 bits per heavy atom. The van der Waals surface area contributed by atoms with Crippen molar-refractivity contribution in [3.05, 3.63) is 11.8 Å². The minimum atomic E-state index is -0.384. The van der Waals surface area contributed by atoms with E-state index in [0.717, 1.165) is 44.5 Å². The van der Waals surface area contributed by atoms with Crippen molar-refractivity contribution in [3.63, 3.8) is 0 Å². The molecule has 5 nitrogen and oxygen atoms in total. The lowest BCUT2D eigenvalue weighted by Gasteiger charge is -2.54. The van der Waals surface area contributed by atoms with Crippen LogP contribution >= 0.6 is 0 Å². The summed E-state index contributed by atoms with van der Waals surface area (Å²) in [5, 5.41) is 0. The zero-order valence-electron chi connectivity index (χ0n) is 13.2. The first-order chi connectivity index (χ1) is 10.6. The molecule has 0 aromatic rings. The highest BCUT2D eigenvalue weighted by Gasteiger charge is 2.51. The van der Waals surface area contributed by atoms with Gasteiger partial charge in [-0.25, -0.2) is 0 Å². The molecule has 4 aliphatic rings. The monoisotopic (exact) mass is 304 g/mol. The normalized spacial score (nSPS) is 38.0. The van der Waals surface area contributed by atoms with E-state index < -0.39 is 0 Å². The maximum atomic E-state index is 13.1. The summed E-state index contributed by atoms with van der Waals surface area (Å²) in [5.41, 5.74) is 1.11. The van der Waals surface area contributed by atoms with E-state index in [4.69, 9.17) is 4.74 Å². The van der Waals surface area contributed by atoms with Crippen LogP contribution in [0.25, 0.3) is 0 Å². The molecule has 1 amide bonds. The number of piperidine rings is 3. The molecular formula is C17H24N2O3. The van der Waals surface area contributed by atoms with Gasteiger partial charge in [-0.3, -0.25) is 19.4 Å². The van der Waals surface area contributed by atoms with Gasteiger partial charge in [-0.15, -0.1) is 0 Å². The first kappa shape index (κ1) is 14.2. The van der Waals surface area contributed by atoms with Crippen molar-refractivity contribution >= 4 is 11.9 Å². The van der Waals surface area contributed by atoms with E-state index >= 15 is 0 Å². The maximum Gasteiger partial charge on any atom is 0.304 e. The van der Waals surface area contributed by atoms with Gasteiger partial charge in [0.25, 0.3) is 0 Å². The van der Waals surface area contributed by atoms with Gasteiger partial charge in [0, 0.05) is 37.5 Å². The highest BCUT2D eigenvalue weighted by Crippen LogP contribution is 2.45. The van der Waals surface area contributed by atoms with Crippen LogP contribution in [0, 0.1) is 11.8 Å². The van der Waals surface area contributed by atoms with E-state index in [-0.39, 0.29) is 24.0 Å². The molecule has 0 aromatic heterocycles. The quantitative estimate of drug-likeness (QED) is 0.694. The number of nitrogens with zero attached hydrogens (tertiary/aromatic N) is 2. The van der Waals surface area contributed by atoms with E-state index in [0.29, 0.717) is 12.0 Å². The lowest BCUT2D eigenvalue weighted by atomic mass is 9.73. The summed E-state index contributed by atoms with van der Waals surface area (Å²) in [6.45, 7) is 3.62. The summed E-state index contributed by atoms with van der Waals surface area (Å²) in [5.74, 6) is 0.405. The van der Waals surface area contributed by atoms with Gasteiger partial charge >= 0.3 is 5.97 Å². The Bertz CT molecular complexity index is 530. The highest BCUT2D eigenvalue weighted by atomic mass is 16.6. The first-order valence-corrected chi connectivity index (χ1v) is 8.59. The number of allylic oxidation sites excluding steroid dienone is 1. The zero-order valence-corrected chi connectivity index (χ0v) is 13.2. The molecule has 3 fully saturated rings. The van der Waals surface area contributed by atoms with Gasteiger partial charge in [0.15, 0.2) is 6.23 Å². The molecule has 3 saturated heterocycles. The van der Waals surface area contributed by atoms with Gasteiger partial charge in [0.2, 0.25) is 5.91 Å². The van der Waals surface area contributed by atoms with Crippen LogP contribution < -0.4 is 0 Å². The minimum absolute atomic E-state index is 0.0901. The molecule has 4 aliphatic heterocycles. The van der Waals surface area contributed by atoms with Gasteiger partial charge in [-0.05, 0) is 32.2 Å². The van der Waals surface area contributed by atoms with Crippen LogP contribution in [-0.2, 0) is 14.3 Å². The predicted molar refractivity (Wildman–Crippen MR) is 80.5 cm³/mol. The molecule has 5 heteroatoms. The summed E-state index contributed by atoms with van der Waals surface area (Å²) in [4.78, 5) is 28.8. The summed E-state index contributed by atoms with van der Waals surface area (Å²) >= 11 is 0. The number of carbonyl (C=O) groups excluding carboxylic acids is 2. The molecule has 2 bridgehead atoms. The SMILES string of the molecule is CC(=O)O[C@H]1CCC=C2[C@H]3C[C@@H](C(=O)N21)[C@@H]1CCCCN1C3. The van der Waals surface area contributed by atoms with Crippen LogP contribution in [0.5, 0.6) is 0 Å². The van der Waals surface area contributed by atoms with Gasteiger partial charge in [-0.2, -0.15) is 0 Å². The standard InChI is InChI=1S/C17H24N2O3/c1-11(20)22-16-7-4-6-14-12-9-13(17(21)19(14)16)15-5-2-3-8-18(15)10-12/h6,12-13,15-16H,2-5,7-10H2,1H3/t12-,13+,15-,16-/m0/s1. The van der Waals surface area contributed by atoms with E-state index in [9.17, 15) is 9.59 Å². The van der Waals surface area contributed by atoms with E-state index in [1.165, 1.54) is 19.8 Å². The van der Waals surface area contributed by atoms with E-state index in [1.807, 2.05) is 4.90 Å². The van der Waals surface area contributed by atoms with Crippen LogP contribution in [0.3, 0.4) is 0 Å². The van der Waals surface area contributed by atoms with Crippen LogP contribution in [0.2, 0.25) is 0 Å². The van der Waals surface area contributed by atoms with Crippen LogP contribution in [0.1, 0.15) is 45.4 Å². The minimum Gasteiger partial charge on any atom is -0.441 e. The van der Waals surface area contributed by atoms with Crippen LogP contribution in [0.4, 0.5) is 0 Å². The molecule has 4 heterocycles. The molecule has 0 radical (unpaired) electrons. The van der Waals surface area contributed by atoms with Crippen molar-refractivity contribution in [1.29, 1.82) is 0 Å². The molecule has 0 aromatic carbocycles. The van der Waals surface area contributed by atoms with Crippen molar-refractivity contribution < 1.29 is 14.3 Å². The van der Waals surface area contributed by atoms with Gasteiger partial charge in [-0.1, -0.05) is 12.5 Å². The van der Waals surface area contributed by atoms with Gasteiger partial charge < -0.3 is 4.74 Å². The molecule has 0 spiro atoms. The number of amides is 1. The molecule has 120 valence electrons. The Hall–Kier alpha value is -1.36. The Labute approximate surface area is 131 Å².